The maximum atomic E-state index is 12.2. The van der Waals surface area contributed by atoms with Crippen molar-refractivity contribution in [3.8, 4) is 0 Å². The zero-order chi connectivity index (χ0) is 19.9. The summed E-state index contributed by atoms with van der Waals surface area (Å²) in [6.07, 6.45) is 3.22. The molecule has 0 saturated carbocycles. The fourth-order valence-corrected chi connectivity index (χ4v) is 5.13. The smallest absolute Gasteiger partial charge is 0.214 e. The molecule has 1 fully saturated rings. The predicted octanol–water partition coefficient (Wildman–Crippen LogP) is 2.22. The van der Waals surface area contributed by atoms with E-state index in [1.54, 1.807) is 11.4 Å². The standard InChI is InChI=1S/C20H34N4O2S/c1-5-12-27(25,26)24-10-7-19(8-11-24)23-20(21-4)22-9-6-18-14-16(2)13-17(3)15-18/h13-15,19H,5-12H2,1-4H3,(H2,21,22,23). The quantitative estimate of drug-likeness (QED) is 0.549. The van der Waals surface area contributed by atoms with Crippen LogP contribution in [0.5, 0.6) is 0 Å². The minimum absolute atomic E-state index is 0.243. The van der Waals surface area contributed by atoms with Gasteiger partial charge in [-0.25, -0.2) is 12.7 Å². The number of piperidine rings is 1. The average molecular weight is 395 g/mol. The van der Waals surface area contributed by atoms with E-state index in [2.05, 4.69) is 47.7 Å². The molecule has 152 valence electrons. The Morgan fingerprint density at radius 2 is 1.81 bits per heavy atom. The Bertz CT molecular complexity index is 718. The second-order valence-corrected chi connectivity index (χ2v) is 9.47. The summed E-state index contributed by atoms with van der Waals surface area (Å²) in [6, 6.07) is 6.88. The van der Waals surface area contributed by atoms with Crippen molar-refractivity contribution in [1.82, 2.24) is 14.9 Å². The van der Waals surface area contributed by atoms with Gasteiger partial charge in [-0.15, -0.1) is 0 Å². The normalized spacial score (nSPS) is 17.1. The third kappa shape index (κ3) is 6.81. The summed E-state index contributed by atoms with van der Waals surface area (Å²) in [5.74, 6) is 1.03. The summed E-state index contributed by atoms with van der Waals surface area (Å²) in [4.78, 5) is 4.31. The first-order chi connectivity index (χ1) is 12.8. The Morgan fingerprint density at radius 3 is 2.37 bits per heavy atom. The summed E-state index contributed by atoms with van der Waals surface area (Å²) in [5.41, 5.74) is 3.90. The molecule has 7 heteroatoms. The molecule has 0 aliphatic carbocycles. The molecule has 1 aliphatic heterocycles. The van der Waals surface area contributed by atoms with E-state index in [-0.39, 0.29) is 11.8 Å². The van der Waals surface area contributed by atoms with Crippen molar-refractivity contribution in [3.63, 3.8) is 0 Å². The predicted molar refractivity (Wildman–Crippen MR) is 113 cm³/mol. The van der Waals surface area contributed by atoms with Gasteiger partial charge in [0.15, 0.2) is 5.96 Å². The Balaban J connectivity index is 1.77. The maximum absolute atomic E-state index is 12.2. The Labute approximate surface area is 164 Å². The lowest BCUT2D eigenvalue weighted by Gasteiger charge is -2.32. The average Bonchev–Trinajstić information content (AvgIpc) is 2.60. The molecule has 0 bridgehead atoms. The zero-order valence-electron chi connectivity index (χ0n) is 17.1. The van der Waals surface area contributed by atoms with Crippen molar-refractivity contribution < 1.29 is 8.42 Å². The molecule has 2 rings (SSSR count). The van der Waals surface area contributed by atoms with Crippen LogP contribution in [-0.2, 0) is 16.4 Å². The molecule has 27 heavy (non-hydrogen) atoms. The molecule has 1 aromatic rings. The molecule has 1 saturated heterocycles. The van der Waals surface area contributed by atoms with Crippen LogP contribution in [0.25, 0.3) is 0 Å². The van der Waals surface area contributed by atoms with Gasteiger partial charge in [-0.2, -0.15) is 0 Å². The van der Waals surface area contributed by atoms with Crippen LogP contribution in [0.15, 0.2) is 23.2 Å². The second kappa shape index (κ2) is 10.1. The van der Waals surface area contributed by atoms with Gasteiger partial charge in [0.25, 0.3) is 0 Å². The van der Waals surface area contributed by atoms with Gasteiger partial charge in [-0.05, 0) is 45.1 Å². The van der Waals surface area contributed by atoms with E-state index >= 15 is 0 Å². The van der Waals surface area contributed by atoms with Crippen LogP contribution >= 0.6 is 0 Å². The summed E-state index contributed by atoms with van der Waals surface area (Å²) in [5, 5.41) is 6.81. The summed E-state index contributed by atoms with van der Waals surface area (Å²) in [6.45, 7) is 8.12. The van der Waals surface area contributed by atoms with E-state index in [4.69, 9.17) is 0 Å². The van der Waals surface area contributed by atoms with Crippen molar-refractivity contribution in [2.24, 2.45) is 4.99 Å². The van der Waals surface area contributed by atoms with Crippen LogP contribution in [0, 0.1) is 13.8 Å². The van der Waals surface area contributed by atoms with Gasteiger partial charge in [-0.1, -0.05) is 36.2 Å². The highest BCUT2D eigenvalue weighted by atomic mass is 32.2. The molecular weight excluding hydrogens is 360 g/mol. The van der Waals surface area contributed by atoms with Crippen LogP contribution in [0.3, 0.4) is 0 Å². The molecule has 2 N–H and O–H groups in total. The number of nitrogens with one attached hydrogen (secondary N) is 2. The largest absolute Gasteiger partial charge is 0.356 e. The van der Waals surface area contributed by atoms with Gasteiger partial charge in [0.1, 0.15) is 0 Å². The van der Waals surface area contributed by atoms with Crippen molar-refractivity contribution in [1.29, 1.82) is 0 Å². The number of hydrogen-bond donors (Lipinski definition) is 2. The number of guanidine groups is 1. The molecule has 1 aromatic carbocycles. The van der Waals surface area contributed by atoms with Crippen LogP contribution < -0.4 is 10.6 Å². The number of aryl methyl sites for hydroxylation is 2. The first-order valence-corrected chi connectivity index (χ1v) is 11.5. The topological polar surface area (TPSA) is 73.8 Å². The van der Waals surface area contributed by atoms with Gasteiger partial charge in [0, 0.05) is 32.7 Å². The Hall–Kier alpha value is -1.60. The van der Waals surface area contributed by atoms with Crippen LogP contribution in [0.1, 0.15) is 42.9 Å². The van der Waals surface area contributed by atoms with E-state index in [9.17, 15) is 8.42 Å². The van der Waals surface area contributed by atoms with Gasteiger partial charge < -0.3 is 10.6 Å². The fourth-order valence-electron chi connectivity index (χ4n) is 3.59. The van der Waals surface area contributed by atoms with Crippen molar-refractivity contribution >= 4 is 16.0 Å². The highest BCUT2D eigenvalue weighted by molar-refractivity contribution is 7.89. The van der Waals surface area contributed by atoms with E-state index in [0.717, 1.165) is 31.8 Å². The number of sulfonamides is 1. The van der Waals surface area contributed by atoms with E-state index in [0.29, 0.717) is 19.5 Å². The van der Waals surface area contributed by atoms with Crippen molar-refractivity contribution in [3.05, 3.63) is 34.9 Å². The molecule has 0 aromatic heterocycles. The Morgan fingerprint density at radius 1 is 1.19 bits per heavy atom. The SMILES string of the molecule is CCCS(=O)(=O)N1CCC(NC(=NC)NCCc2cc(C)cc(C)c2)CC1. The first kappa shape index (κ1) is 21.7. The minimum Gasteiger partial charge on any atom is -0.356 e. The number of hydrogen-bond acceptors (Lipinski definition) is 3. The van der Waals surface area contributed by atoms with Crippen molar-refractivity contribution in [2.75, 3.05) is 32.4 Å². The minimum atomic E-state index is -3.08. The highest BCUT2D eigenvalue weighted by Crippen LogP contribution is 2.15. The van der Waals surface area contributed by atoms with Gasteiger partial charge in [0.2, 0.25) is 10.0 Å². The van der Waals surface area contributed by atoms with Gasteiger partial charge in [-0.3, -0.25) is 4.99 Å². The third-order valence-electron chi connectivity index (χ3n) is 4.86. The molecule has 1 heterocycles. The fraction of sp³-hybridized carbons (Fsp3) is 0.650. The van der Waals surface area contributed by atoms with E-state index in [1.165, 1.54) is 16.7 Å². The zero-order valence-corrected chi connectivity index (χ0v) is 17.9. The lowest BCUT2D eigenvalue weighted by atomic mass is 10.1. The molecule has 0 amide bonds. The summed E-state index contributed by atoms with van der Waals surface area (Å²) < 4.78 is 26.0. The molecule has 0 atom stereocenters. The van der Waals surface area contributed by atoms with Crippen LogP contribution in [-0.4, -0.2) is 57.2 Å². The van der Waals surface area contributed by atoms with Crippen LogP contribution in [0.2, 0.25) is 0 Å². The summed E-state index contributed by atoms with van der Waals surface area (Å²) >= 11 is 0. The number of nitrogens with zero attached hydrogens (tertiary/aromatic N) is 2. The number of aliphatic imine (C=N–C) groups is 1. The van der Waals surface area contributed by atoms with Crippen molar-refractivity contribution in [2.45, 2.75) is 52.5 Å². The number of benzene rings is 1. The molecular formula is C20H34N4O2S. The van der Waals surface area contributed by atoms with E-state index < -0.39 is 10.0 Å². The van der Waals surface area contributed by atoms with Gasteiger partial charge in [0.05, 0.1) is 5.75 Å². The second-order valence-electron chi connectivity index (χ2n) is 7.38. The molecule has 1 aliphatic rings. The first-order valence-electron chi connectivity index (χ1n) is 9.86. The van der Waals surface area contributed by atoms with Gasteiger partial charge >= 0.3 is 0 Å². The molecule has 0 unspecified atom stereocenters. The maximum Gasteiger partial charge on any atom is 0.214 e. The summed E-state index contributed by atoms with van der Waals surface area (Å²) in [7, 11) is -1.31. The molecule has 0 radical (unpaired) electrons. The van der Waals surface area contributed by atoms with Crippen LogP contribution in [0.4, 0.5) is 0 Å². The lowest BCUT2D eigenvalue weighted by Crippen LogP contribution is -2.50. The monoisotopic (exact) mass is 394 g/mol. The molecule has 6 nitrogen and oxygen atoms in total. The van der Waals surface area contributed by atoms with E-state index in [1.807, 2.05) is 6.92 Å². The Kier molecular flexibility index (Phi) is 8.10. The number of rotatable bonds is 7. The highest BCUT2D eigenvalue weighted by Gasteiger charge is 2.27. The molecule has 0 spiro atoms. The lowest BCUT2D eigenvalue weighted by molar-refractivity contribution is 0.306. The third-order valence-corrected chi connectivity index (χ3v) is 6.94.